The number of anilines is 1. The zero-order valence-electron chi connectivity index (χ0n) is 16.6. The Morgan fingerprint density at radius 1 is 0.967 bits per heavy atom. The highest BCUT2D eigenvalue weighted by atomic mass is 19.2. The number of hydrogen-bond acceptors (Lipinski definition) is 7. The predicted octanol–water partition coefficient (Wildman–Crippen LogP) is 3.33. The molecule has 1 aromatic carbocycles. The molecule has 0 atom stereocenters. The van der Waals surface area contributed by atoms with Gasteiger partial charge in [-0.05, 0) is 23.8 Å². The minimum atomic E-state index is -1.17. The lowest BCUT2D eigenvalue weighted by Gasteiger charge is -2.28. The van der Waals surface area contributed by atoms with Crippen LogP contribution in [0.2, 0.25) is 0 Å². The molecule has 0 N–H and O–H groups in total. The Hall–Kier alpha value is -3.33. The van der Waals surface area contributed by atoms with Gasteiger partial charge in [-0.1, -0.05) is 12.1 Å². The van der Waals surface area contributed by atoms with Gasteiger partial charge in [0, 0.05) is 19.2 Å². The number of hydrogen-bond donors (Lipinski definition) is 0. The molecular formula is C21H20F2N4O3. The van der Waals surface area contributed by atoms with E-state index in [1.165, 1.54) is 0 Å². The molecule has 30 heavy (non-hydrogen) atoms. The molecule has 3 heterocycles. The van der Waals surface area contributed by atoms with Gasteiger partial charge in [0.1, 0.15) is 5.52 Å². The Morgan fingerprint density at radius 3 is 2.47 bits per heavy atom. The number of fused-ring (bicyclic) bond motifs is 1. The summed E-state index contributed by atoms with van der Waals surface area (Å²) in [4.78, 5) is 14.6. The second kappa shape index (κ2) is 8.58. The fraction of sp³-hybridized carbons (Fsp3) is 0.286. The van der Waals surface area contributed by atoms with Crippen molar-refractivity contribution in [3.63, 3.8) is 0 Å². The van der Waals surface area contributed by atoms with E-state index in [2.05, 4.69) is 15.0 Å². The van der Waals surface area contributed by atoms with E-state index < -0.39 is 11.8 Å². The standard InChI is InChI=1S/C21H20F2N4O3/c1-28-16-5-3-13(11-17(16)29-2)4-6-18-24-15-12-14(22)20(23)26-19(15)21(25-18)27-7-9-30-10-8-27/h3-6,11-12H,7-10H2,1-2H3/b6-4+. The number of morpholine rings is 1. The number of benzene rings is 1. The van der Waals surface area contributed by atoms with Gasteiger partial charge in [0.25, 0.3) is 0 Å². The van der Waals surface area contributed by atoms with Crippen LogP contribution in [-0.4, -0.2) is 55.5 Å². The van der Waals surface area contributed by atoms with Crippen molar-refractivity contribution in [3.8, 4) is 11.5 Å². The van der Waals surface area contributed by atoms with Crippen molar-refractivity contribution in [2.75, 3.05) is 45.4 Å². The van der Waals surface area contributed by atoms with Crippen LogP contribution in [0.3, 0.4) is 0 Å². The molecule has 3 aromatic rings. The summed E-state index contributed by atoms with van der Waals surface area (Å²) < 4.78 is 43.5. The maximum atomic E-state index is 13.8. The van der Waals surface area contributed by atoms with E-state index in [9.17, 15) is 8.78 Å². The van der Waals surface area contributed by atoms with Crippen molar-refractivity contribution in [3.05, 3.63) is 47.4 Å². The van der Waals surface area contributed by atoms with Crippen LogP contribution in [0.25, 0.3) is 23.2 Å². The maximum Gasteiger partial charge on any atom is 0.249 e. The van der Waals surface area contributed by atoms with Crippen LogP contribution in [-0.2, 0) is 4.74 Å². The molecule has 0 radical (unpaired) electrons. The number of halogens is 2. The minimum Gasteiger partial charge on any atom is -0.493 e. The van der Waals surface area contributed by atoms with Crippen molar-refractivity contribution in [1.29, 1.82) is 0 Å². The topological polar surface area (TPSA) is 69.6 Å². The first-order valence-electron chi connectivity index (χ1n) is 9.35. The Bertz CT molecular complexity index is 1100. The number of aromatic nitrogens is 3. The molecule has 9 heteroatoms. The fourth-order valence-corrected chi connectivity index (χ4v) is 3.21. The van der Waals surface area contributed by atoms with Gasteiger partial charge in [-0.3, -0.25) is 0 Å². The molecule has 0 unspecified atom stereocenters. The first kappa shape index (κ1) is 20.0. The van der Waals surface area contributed by atoms with Gasteiger partial charge in [0.05, 0.1) is 33.0 Å². The van der Waals surface area contributed by atoms with Crippen molar-refractivity contribution in [1.82, 2.24) is 15.0 Å². The first-order chi connectivity index (χ1) is 14.6. The molecular weight excluding hydrogens is 394 g/mol. The van der Waals surface area contributed by atoms with E-state index in [4.69, 9.17) is 14.2 Å². The molecule has 1 saturated heterocycles. The smallest absolute Gasteiger partial charge is 0.249 e. The molecule has 1 fully saturated rings. The fourth-order valence-electron chi connectivity index (χ4n) is 3.21. The molecule has 0 aliphatic carbocycles. The van der Waals surface area contributed by atoms with Crippen molar-refractivity contribution < 1.29 is 23.0 Å². The SMILES string of the molecule is COc1ccc(/C=C/c2nc(N3CCOCC3)c3nc(F)c(F)cc3n2)cc1OC. The molecule has 1 aliphatic rings. The number of methoxy groups -OCH3 is 2. The average Bonchev–Trinajstić information content (AvgIpc) is 2.78. The Labute approximate surface area is 171 Å². The van der Waals surface area contributed by atoms with Gasteiger partial charge in [0.15, 0.2) is 29.0 Å². The Balaban J connectivity index is 1.75. The molecule has 1 aliphatic heterocycles. The van der Waals surface area contributed by atoms with Crippen LogP contribution in [0.4, 0.5) is 14.6 Å². The lowest BCUT2D eigenvalue weighted by Crippen LogP contribution is -2.37. The lowest BCUT2D eigenvalue weighted by molar-refractivity contribution is 0.122. The largest absolute Gasteiger partial charge is 0.493 e. The van der Waals surface area contributed by atoms with Crippen molar-refractivity contribution in [2.45, 2.75) is 0 Å². The van der Waals surface area contributed by atoms with Gasteiger partial charge >= 0.3 is 0 Å². The van der Waals surface area contributed by atoms with E-state index in [-0.39, 0.29) is 11.0 Å². The molecule has 2 aromatic heterocycles. The molecule has 0 bridgehead atoms. The van der Waals surface area contributed by atoms with E-state index in [0.717, 1.165) is 11.6 Å². The van der Waals surface area contributed by atoms with Gasteiger partial charge < -0.3 is 19.1 Å². The normalized spacial score (nSPS) is 14.5. The van der Waals surface area contributed by atoms with Crippen molar-refractivity contribution >= 4 is 29.0 Å². The summed E-state index contributed by atoms with van der Waals surface area (Å²) >= 11 is 0. The Morgan fingerprint density at radius 2 is 1.73 bits per heavy atom. The third-order valence-corrected chi connectivity index (χ3v) is 4.72. The lowest BCUT2D eigenvalue weighted by atomic mass is 10.2. The highest BCUT2D eigenvalue weighted by Crippen LogP contribution is 2.29. The van der Waals surface area contributed by atoms with E-state index in [1.54, 1.807) is 32.4 Å². The predicted molar refractivity (Wildman–Crippen MR) is 109 cm³/mol. The minimum absolute atomic E-state index is 0.221. The summed E-state index contributed by atoms with van der Waals surface area (Å²) in [6, 6.07) is 6.51. The second-order valence-corrected chi connectivity index (χ2v) is 6.58. The summed E-state index contributed by atoms with van der Waals surface area (Å²) in [6.45, 7) is 2.19. The van der Waals surface area contributed by atoms with Crippen LogP contribution in [0, 0.1) is 11.8 Å². The van der Waals surface area contributed by atoms with E-state index in [1.807, 2.05) is 17.0 Å². The van der Waals surface area contributed by atoms with Crippen LogP contribution in [0.1, 0.15) is 11.4 Å². The van der Waals surface area contributed by atoms with Gasteiger partial charge in [-0.2, -0.15) is 4.39 Å². The molecule has 7 nitrogen and oxygen atoms in total. The van der Waals surface area contributed by atoms with Crippen LogP contribution in [0.15, 0.2) is 24.3 Å². The van der Waals surface area contributed by atoms with E-state index >= 15 is 0 Å². The third-order valence-electron chi connectivity index (χ3n) is 4.72. The first-order valence-corrected chi connectivity index (χ1v) is 9.35. The summed E-state index contributed by atoms with van der Waals surface area (Å²) in [5, 5.41) is 0. The highest BCUT2D eigenvalue weighted by Gasteiger charge is 2.20. The molecule has 0 spiro atoms. The second-order valence-electron chi connectivity index (χ2n) is 6.58. The quantitative estimate of drug-likeness (QED) is 0.593. The van der Waals surface area contributed by atoms with Crippen LogP contribution >= 0.6 is 0 Å². The third kappa shape index (κ3) is 4.02. The zero-order chi connectivity index (χ0) is 21.1. The van der Waals surface area contributed by atoms with Gasteiger partial charge in [0.2, 0.25) is 5.95 Å². The van der Waals surface area contributed by atoms with Crippen LogP contribution in [0.5, 0.6) is 11.5 Å². The molecule has 0 saturated carbocycles. The maximum absolute atomic E-state index is 13.8. The van der Waals surface area contributed by atoms with Gasteiger partial charge in [-0.15, -0.1) is 0 Å². The number of rotatable bonds is 5. The van der Waals surface area contributed by atoms with Crippen LogP contribution < -0.4 is 14.4 Å². The number of nitrogens with zero attached hydrogens (tertiary/aromatic N) is 4. The van der Waals surface area contributed by atoms with E-state index in [0.29, 0.717) is 49.4 Å². The average molecular weight is 414 g/mol. The number of ether oxygens (including phenoxy) is 3. The molecule has 156 valence electrons. The monoisotopic (exact) mass is 414 g/mol. The summed E-state index contributed by atoms with van der Waals surface area (Å²) in [5.41, 5.74) is 1.30. The number of pyridine rings is 1. The summed E-state index contributed by atoms with van der Waals surface area (Å²) in [6.07, 6.45) is 3.51. The van der Waals surface area contributed by atoms with Gasteiger partial charge in [-0.25, -0.2) is 19.3 Å². The van der Waals surface area contributed by atoms with Crippen molar-refractivity contribution in [2.24, 2.45) is 0 Å². The summed E-state index contributed by atoms with van der Waals surface area (Å²) in [5.74, 6) is -0.205. The Kier molecular flexibility index (Phi) is 5.71. The molecule has 0 amide bonds. The molecule has 4 rings (SSSR count). The highest BCUT2D eigenvalue weighted by molar-refractivity contribution is 5.87. The summed E-state index contributed by atoms with van der Waals surface area (Å²) in [7, 11) is 3.13. The zero-order valence-corrected chi connectivity index (χ0v) is 16.6.